The van der Waals surface area contributed by atoms with E-state index >= 15 is 0 Å². The molecular formula is C9H18O3. The molecule has 0 radical (unpaired) electrons. The molecule has 0 bridgehead atoms. The highest BCUT2D eigenvalue weighted by atomic mass is 16.3. The normalized spacial score (nSPS) is 12.7. The van der Waals surface area contributed by atoms with Gasteiger partial charge in [0.1, 0.15) is 11.9 Å². The summed E-state index contributed by atoms with van der Waals surface area (Å²) in [6.45, 7) is 3.65. The lowest BCUT2D eigenvalue weighted by molar-refractivity contribution is 0.137. The van der Waals surface area contributed by atoms with Crippen molar-refractivity contribution in [2.24, 2.45) is 0 Å². The fourth-order valence-electron chi connectivity index (χ4n) is 0.919. The zero-order valence-corrected chi connectivity index (χ0v) is 7.75. The predicted octanol–water partition coefficient (Wildman–Crippen LogP) is 1.36. The summed E-state index contributed by atoms with van der Waals surface area (Å²) in [5.41, 5.74) is 0.742. The quantitative estimate of drug-likeness (QED) is 0.435. The Labute approximate surface area is 73.4 Å². The van der Waals surface area contributed by atoms with Gasteiger partial charge in [0.15, 0.2) is 0 Å². The lowest BCUT2D eigenvalue weighted by Crippen LogP contribution is -2.11. The van der Waals surface area contributed by atoms with Crippen LogP contribution in [0, 0.1) is 0 Å². The minimum atomic E-state index is -0.762. The van der Waals surface area contributed by atoms with Crippen molar-refractivity contribution in [1.82, 2.24) is 0 Å². The van der Waals surface area contributed by atoms with Crippen molar-refractivity contribution in [2.45, 2.75) is 39.2 Å². The molecule has 0 aliphatic rings. The van der Waals surface area contributed by atoms with Crippen LogP contribution in [0.1, 0.15) is 33.1 Å². The lowest BCUT2D eigenvalue weighted by Gasteiger charge is -2.10. The fourth-order valence-corrected chi connectivity index (χ4v) is 0.919. The Morgan fingerprint density at radius 2 is 1.83 bits per heavy atom. The van der Waals surface area contributed by atoms with Crippen LogP contribution in [0.25, 0.3) is 0 Å². The molecule has 3 heteroatoms. The van der Waals surface area contributed by atoms with E-state index in [0.717, 1.165) is 12.0 Å². The van der Waals surface area contributed by atoms with Crippen LogP contribution in [0.3, 0.4) is 0 Å². The standard InChI is InChI=1S/C9H18O3/c1-7(2)9(12)8(11)5-3-4-6-10/h8,10-12H,3-6H2,1-2H3. The molecule has 0 aromatic carbocycles. The van der Waals surface area contributed by atoms with Crippen LogP contribution in [0.15, 0.2) is 11.3 Å². The van der Waals surface area contributed by atoms with Crippen LogP contribution in [0.2, 0.25) is 0 Å². The minimum Gasteiger partial charge on any atom is -0.510 e. The second-order valence-electron chi connectivity index (χ2n) is 3.12. The van der Waals surface area contributed by atoms with E-state index in [1.807, 2.05) is 0 Å². The first-order valence-corrected chi connectivity index (χ1v) is 4.24. The molecule has 0 aromatic rings. The van der Waals surface area contributed by atoms with E-state index in [1.165, 1.54) is 0 Å². The SMILES string of the molecule is CC(C)=C(O)C(O)CCCCO. The van der Waals surface area contributed by atoms with Gasteiger partial charge < -0.3 is 15.3 Å². The van der Waals surface area contributed by atoms with Crippen LogP contribution in [0.4, 0.5) is 0 Å². The van der Waals surface area contributed by atoms with Gasteiger partial charge in [-0.15, -0.1) is 0 Å². The van der Waals surface area contributed by atoms with Crippen LogP contribution in [-0.4, -0.2) is 28.0 Å². The molecule has 0 saturated heterocycles. The Kier molecular flexibility index (Phi) is 5.76. The molecule has 1 atom stereocenters. The maximum Gasteiger partial charge on any atom is 0.119 e. The summed E-state index contributed by atoms with van der Waals surface area (Å²) in [7, 11) is 0. The average molecular weight is 174 g/mol. The van der Waals surface area contributed by atoms with Gasteiger partial charge in [-0.05, 0) is 38.7 Å². The van der Waals surface area contributed by atoms with Gasteiger partial charge in [-0.25, -0.2) is 0 Å². The molecule has 0 aromatic heterocycles. The second kappa shape index (κ2) is 6.03. The van der Waals surface area contributed by atoms with E-state index in [9.17, 15) is 10.2 Å². The van der Waals surface area contributed by atoms with E-state index in [1.54, 1.807) is 13.8 Å². The smallest absolute Gasteiger partial charge is 0.119 e. The number of allylic oxidation sites excluding steroid dienone is 1. The molecular weight excluding hydrogens is 156 g/mol. The second-order valence-corrected chi connectivity index (χ2v) is 3.12. The van der Waals surface area contributed by atoms with Gasteiger partial charge in [-0.2, -0.15) is 0 Å². The van der Waals surface area contributed by atoms with Crippen LogP contribution >= 0.6 is 0 Å². The van der Waals surface area contributed by atoms with Crippen LogP contribution < -0.4 is 0 Å². The first kappa shape index (κ1) is 11.5. The molecule has 0 aliphatic heterocycles. The van der Waals surface area contributed by atoms with Crippen LogP contribution in [-0.2, 0) is 0 Å². The van der Waals surface area contributed by atoms with E-state index in [0.29, 0.717) is 12.8 Å². The van der Waals surface area contributed by atoms with Crippen molar-refractivity contribution in [3.63, 3.8) is 0 Å². The summed E-state index contributed by atoms with van der Waals surface area (Å²) in [6, 6.07) is 0. The third-order valence-corrected chi connectivity index (χ3v) is 1.71. The number of rotatable bonds is 5. The summed E-state index contributed by atoms with van der Waals surface area (Å²) in [6.07, 6.45) is 1.15. The minimum absolute atomic E-state index is 0.0629. The summed E-state index contributed by atoms with van der Waals surface area (Å²) >= 11 is 0. The molecule has 72 valence electrons. The fraction of sp³-hybridized carbons (Fsp3) is 0.778. The zero-order chi connectivity index (χ0) is 9.56. The third-order valence-electron chi connectivity index (χ3n) is 1.71. The summed E-state index contributed by atoms with van der Waals surface area (Å²) in [5.74, 6) is 0.0629. The highest BCUT2D eigenvalue weighted by Gasteiger charge is 2.09. The molecule has 0 amide bonds. The Bertz CT molecular complexity index is 148. The Morgan fingerprint density at radius 3 is 2.25 bits per heavy atom. The Balaban J connectivity index is 3.72. The van der Waals surface area contributed by atoms with Crippen molar-refractivity contribution < 1.29 is 15.3 Å². The molecule has 12 heavy (non-hydrogen) atoms. The lowest BCUT2D eigenvalue weighted by atomic mass is 10.1. The molecule has 0 aliphatic carbocycles. The number of hydrogen-bond donors (Lipinski definition) is 3. The van der Waals surface area contributed by atoms with E-state index in [-0.39, 0.29) is 12.4 Å². The largest absolute Gasteiger partial charge is 0.510 e. The molecule has 0 heterocycles. The highest BCUT2D eigenvalue weighted by molar-refractivity contribution is 5.05. The van der Waals surface area contributed by atoms with Crippen LogP contribution in [0.5, 0.6) is 0 Å². The number of hydrogen-bond acceptors (Lipinski definition) is 3. The first-order valence-electron chi connectivity index (χ1n) is 4.24. The van der Waals surface area contributed by atoms with Crippen molar-refractivity contribution in [3.05, 3.63) is 11.3 Å². The molecule has 1 unspecified atom stereocenters. The highest BCUT2D eigenvalue weighted by Crippen LogP contribution is 2.10. The zero-order valence-electron chi connectivity index (χ0n) is 7.75. The van der Waals surface area contributed by atoms with Gasteiger partial charge in [0, 0.05) is 6.61 Å². The van der Waals surface area contributed by atoms with E-state index in [4.69, 9.17) is 5.11 Å². The number of aliphatic hydroxyl groups is 3. The van der Waals surface area contributed by atoms with Crippen molar-refractivity contribution in [2.75, 3.05) is 6.61 Å². The monoisotopic (exact) mass is 174 g/mol. The topological polar surface area (TPSA) is 60.7 Å². The van der Waals surface area contributed by atoms with Gasteiger partial charge in [0.05, 0.1) is 0 Å². The maximum atomic E-state index is 9.33. The van der Waals surface area contributed by atoms with Gasteiger partial charge >= 0.3 is 0 Å². The molecule has 0 saturated carbocycles. The predicted molar refractivity (Wildman–Crippen MR) is 47.9 cm³/mol. The molecule has 3 nitrogen and oxygen atoms in total. The third kappa shape index (κ3) is 4.36. The van der Waals surface area contributed by atoms with Gasteiger partial charge in [-0.1, -0.05) is 0 Å². The maximum absolute atomic E-state index is 9.33. The Hall–Kier alpha value is -0.540. The van der Waals surface area contributed by atoms with Gasteiger partial charge in [0.2, 0.25) is 0 Å². The number of aliphatic hydroxyl groups excluding tert-OH is 3. The summed E-state index contributed by atoms with van der Waals surface area (Å²) < 4.78 is 0. The van der Waals surface area contributed by atoms with Crippen molar-refractivity contribution in [1.29, 1.82) is 0 Å². The summed E-state index contributed by atoms with van der Waals surface area (Å²) in [4.78, 5) is 0. The van der Waals surface area contributed by atoms with Gasteiger partial charge in [0.25, 0.3) is 0 Å². The van der Waals surface area contributed by atoms with E-state index < -0.39 is 6.10 Å². The molecule has 3 N–H and O–H groups in total. The van der Waals surface area contributed by atoms with E-state index in [2.05, 4.69) is 0 Å². The molecule has 0 spiro atoms. The molecule has 0 rings (SSSR count). The number of unbranched alkanes of at least 4 members (excludes halogenated alkanes) is 1. The average Bonchev–Trinajstić information content (AvgIpc) is 2.03. The first-order chi connectivity index (χ1) is 5.59. The summed E-state index contributed by atoms with van der Waals surface area (Å²) in [5, 5.41) is 27.1. The van der Waals surface area contributed by atoms with Gasteiger partial charge in [-0.3, -0.25) is 0 Å². The molecule has 0 fully saturated rings. The van der Waals surface area contributed by atoms with Crippen molar-refractivity contribution in [3.8, 4) is 0 Å². The Morgan fingerprint density at radius 1 is 1.25 bits per heavy atom. The van der Waals surface area contributed by atoms with Crippen molar-refractivity contribution >= 4 is 0 Å².